The number of hydrogen-bond acceptors (Lipinski definition) is 5. The first-order valence-corrected chi connectivity index (χ1v) is 12.2. The summed E-state index contributed by atoms with van der Waals surface area (Å²) in [6.07, 6.45) is 7.41. The highest BCUT2D eigenvalue weighted by Gasteiger charge is 2.46. The lowest BCUT2D eigenvalue weighted by Crippen LogP contribution is -2.65. The molecule has 0 aliphatic carbocycles. The number of carbonyl (C=O) groups excluding carboxylic acids is 1. The highest BCUT2D eigenvalue weighted by atomic mass is 19.1. The monoisotopic (exact) mass is 491 g/mol. The van der Waals surface area contributed by atoms with Gasteiger partial charge in [0.15, 0.2) is 0 Å². The Morgan fingerprint density at radius 2 is 1.77 bits per heavy atom. The largest absolute Gasteiger partial charge is 0.483 e. The van der Waals surface area contributed by atoms with Gasteiger partial charge in [0.25, 0.3) is 18.9 Å². The Bertz CT molecular complexity index is 855. The Balaban J connectivity index is 0.000000655. The Hall–Kier alpha value is -2.78. The van der Waals surface area contributed by atoms with Gasteiger partial charge >= 0.3 is 0 Å². The molecule has 1 aromatic rings. The smallest absolute Gasteiger partial charge is 0.290 e. The zero-order valence-corrected chi connectivity index (χ0v) is 20.6. The second kappa shape index (κ2) is 14.6. The molecule has 194 valence electrons. The van der Waals surface area contributed by atoms with Crippen LogP contribution in [-0.2, 0) is 9.59 Å². The summed E-state index contributed by atoms with van der Waals surface area (Å²) in [5.41, 5.74) is 1.51. The fraction of sp³-hybridized carbons (Fsp3) is 0.577. The van der Waals surface area contributed by atoms with Crippen molar-refractivity contribution in [3.05, 3.63) is 47.3 Å². The standard InChI is InChI=1S/C24H34FN3O.2CH2O2/c1-17(2)10-12-27-15-18-13-19(16-27)23(28-11-6-5-9-22(18)28)14-26-24(29)20-7-3-4-8-21(20)25;2*2-1-3/h3-4,7-8,10,18-19,22-23H,5-6,9,11-16H2,1-2H3,(H,26,29);2*1H,(H,2,3)/t18-,19+,22+,23+;;/m1../s1. The van der Waals surface area contributed by atoms with Crippen molar-refractivity contribution in [1.82, 2.24) is 15.1 Å². The molecule has 3 aliphatic heterocycles. The van der Waals surface area contributed by atoms with Gasteiger partial charge in [-0.25, -0.2) is 4.39 Å². The molecule has 3 saturated heterocycles. The van der Waals surface area contributed by atoms with E-state index in [9.17, 15) is 9.18 Å². The van der Waals surface area contributed by atoms with Crippen LogP contribution in [0.3, 0.4) is 0 Å². The number of piperidine rings is 3. The molecular formula is C26H38FN3O5. The Kier molecular flexibility index (Phi) is 11.9. The van der Waals surface area contributed by atoms with E-state index in [0.717, 1.165) is 25.6 Å². The number of nitrogens with zero attached hydrogens (tertiary/aromatic N) is 2. The van der Waals surface area contributed by atoms with Gasteiger partial charge in [0.05, 0.1) is 5.56 Å². The van der Waals surface area contributed by atoms with Crippen LogP contribution in [0.15, 0.2) is 35.9 Å². The number of allylic oxidation sites excluding steroid dienone is 1. The number of hydrogen-bond donors (Lipinski definition) is 3. The highest BCUT2D eigenvalue weighted by Crippen LogP contribution is 2.41. The minimum absolute atomic E-state index is 0.144. The molecule has 1 amide bonds. The fourth-order valence-electron chi connectivity index (χ4n) is 5.68. The summed E-state index contributed by atoms with van der Waals surface area (Å²) >= 11 is 0. The van der Waals surface area contributed by atoms with Gasteiger partial charge in [-0.3, -0.25) is 24.2 Å². The molecular weight excluding hydrogens is 453 g/mol. The first-order chi connectivity index (χ1) is 16.9. The fourth-order valence-corrected chi connectivity index (χ4v) is 5.68. The van der Waals surface area contributed by atoms with Crippen LogP contribution in [0.5, 0.6) is 0 Å². The third-order valence-electron chi connectivity index (χ3n) is 7.05. The van der Waals surface area contributed by atoms with Gasteiger partial charge < -0.3 is 15.5 Å². The summed E-state index contributed by atoms with van der Waals surface area (Å²) in [6, 6.07) is 7.23. The molecule has 0 saturated carbocycles. The quantitative estimate of drug-likeness (QED) is 0.429. The van der Waals surface area contributed by atoms with E-state index in [4.69, 9.17) is 19.8 Å². The summed E-state index contributed by atoms with van der Waals surface area (Å²) in [4.78, 5) is 34.6. The number of halogens is 1. The van der Waals surface area contributed by atoms with E-state index in [2.05, 4.69) is 35.0 Å². The average Bonchev–Trinajstić information content (AvgIpc) is 2.84. The van der Waals surface area contributed by atoms with Gasteiger partial charge in [0.1, 0.15) is 5.82 Å². The number of amides is 1. The van der Waals surface area contributed by atoms with Crippen LogP contribution < -0.4 is 5.32 Å². The van der Waals surface area contributed by atoms with E-state index in [1.165, 1.54) is 43.9 Å². The van der Waals surface area contributed by atoms with Crippen LogP contribution in [-0.4, -0.2) is 83.7 Å². The molecule has 4 atom stereocenters. The summed E-state index contributed by atoms with van der Waals surface area (Å²) in [6.45, 7) is 8.86. The zero-order valence-electron chi connectivity index (χ0n) is 20.6. The molecule has 35 heavy (non-hydrogen) atoms. The number of fused-ring (bicyclic) bond motifs is 4. The number of carboxylic acid groups (broad SMARTS) is 2. The first kappa shape index (κ1) is 28.5. The van der Waals surface area contributed by atoms with Crippen LogP contribution in [0, 0.1) is 17.7 Å². The van der Waals surface area contributed by atoms with Crippen molar-refractivity contribution >= 4 is 18.9 Å². The maximum absolute atomic E-state index is 14.0. The van der Waals surface area contributed by atoms with E-state index in [1.54, 1.807) is 18.2 Å². The molecule has 0 spiro atoms. The molecule has 1 aromatic carbocycles. The molecule has 3 fully saturated rings. The number of likely N-dealkylation sites (tertiary alicyclic amines) is 1. The van der Waals surface area contributed by atoms with Gasteiger partial charge in [-0.05, 0) is 63.6 Å². The third-order valence-corrected chi connectivity index (χ3v) is 7.05. The predicted molar refractivity (Wildman–Crippen MR) is 132 cm³/mol. The van der Waals surface area contributed by atoms with Gasteiger partial charge in [0, 0.05) is 38.3 Å². The van der Waals surface area contributed by atoms with Crippen LogP contribution in [0.25, 0.3) is 0 Å². The predicted octanol–water partition coefficient (Wildman–Crippen LogP) is 3.10. The minimum atomic E-state index is -0.449. The van der Waals surface area contributed by atoms with Crippen molar-refractivity contribution in [2.75, 3.05) is 32.7 Å². The number of carbonyl (C=O) groups is 3. The lowest BCUT2D eigenvalue weighted by molar-refractivity contribution is -0.123. The molecule has 9 heteroatoms. The molecule has 3 heterocycles. The lowest BCUT2D eigenvalue weighted by atomic mass is 9.72. The average molecular weight is 492 g/mol. The highest BCUT2D eigenvalue weighted by molar-refractivity contribution is 5.94. The number of nitrogens with one attached hydrogen (secondary N) is 1. The summed E-state index contributed by atoms with van der Waals surface area (Å²) in [7, 11) is 0. The Morgan fingerprint density at radius 3 is 2.43 bits per heavy atom. The summed E-state index contributed by atoms with van der Waals surface area (Å²) in [5, 5.41) is 16.8. The van der Waals surface area contributed by atoms with Crippen LogP contribution in [0.4, 0.5) is 4.39 Å². The maximum Gasteiger partial charge on any atom is 0.290 e. The van der Waals surface area contributed by atoms with Crippen LogP contribution in [0.1, 0.15) is 49.9 Å². The van der Waals surface area contributed by atoms with Crippen molar-refractivity contribution in [3.63, 3.8) is 0 Å². The van der Waals surface area contributed by atoms with E-state index in [-0.39, 0.29) is 24.4 Å². The molecule has 0 unspecified atom stereocenters. The van der Waals surface area contributed by atoms with Gasteiger partial charge in [-0.1, -0.05) is 30.2 Å². The summed E-state index contributed by atoms with van der Waals surface area (Å²) in [5.74, 6) is 0.554. The van der Waals surface area contributed by atoms with E-state index >= 15 is 0 Å². The van der Waals surface area contributed by atoms with E-state index < -0.39 is 5.82 Å². The molecule has 3 N–H and O–H groups in total. The first-order valence-electron chi connectivity index (χ1n) is 12.2. The van der Waals surface area contributed by atoms with Crippen molar-refractivity contribution in [2.45, 2.75) is 51.6 Å². The van der Waals surface area contributed by atoms with Crippen LogP contribution >= 0.6 is 0 Å². The van der Waals surface area contributed by atoms with Crippen molar-refractivity contribution in [1.29, 1.82) is 0 Å². The van der Waals surface area contributed by atoms with Gasteiger partial charge in [-0.15, -0.1) is 0 Å². The molecule has 3 aliphatic rings. The molecule has 0 radical (unpaired) electrons. The Morgan fingerprint density at radius 1 is 1.11 bits per heavy atom. The number of benzene rings is 1. The van der Waals surface area contributed by atoms with E-state index in [1.807, 2.05) is 0 Å². The minimum Gasteiger partial charge on any atom is -0.483 e. The van der Waals surface area contributed by atoms with Gasteiger partial charge in [0.2, 0.25) is 0 Å². The maximum atomic E-state index is 14.0. The van der Waals surface area contributed by atoms with Crippen molar-refractivity contribution < 1.29 is 29.0 Å². The lowest BCUT2D eigenvalue weighted by Gasteiger charge is -2.56. The molecule has 0 aromatic heterocycles. The topological polar surface area (TPSA) is 110 Å². The summed E-state index contributed by atoms with van der Waals surface area (Å²) < 4.78 is 14.0. The van der Waals surface area contributed by atoms with E-state index in [0.29, 0.717) is 24.5 Å². The second-order valence-electron chi connectivity index (χ2n) is 9.52. The number of rotatable bonds is 5. The third kappa shape index (κ3) is 8.14. The second-order valence-corrected chi connectivity index (χ2v) is 9.52. The van der Waals surface area contributed by atoms with Crippen molar-refractivity contribution in [2.24, 2.45) is 11.8 Å². The zero-order chi connectivity index (χ0) is 25.8. The SMILES string of the molecule is CC(C)=CCN1C[C@H]2C[C@@H](C1)[C@H](CNC(=O)c1ccccc1F)N1CCCC[C@@H]21.O=CO.O=CO. The van der Waals surface area contributed by atoms with Crippen LogP contribution in [0.2, 0.25) is 0 Å². The van der Waals surface area contributed by atoms with Crippen molar-refractivity contribution in [3.8, 4) is 0 Å². The normalized spacial score (nSPS) is 25.3. The molecule has 2 bridgehead atoms. The Labute approximate surface area is 206 Å². The molecule has 4 rings (SSSR count). The van der Waals surface area contributed by atoms with Gasteiger partial charge in [-0.2, -0.15) is 0 Å². The molecule has 8 nitrogen and oxygen atoms in total.